The molecule has 0 saturated heterocycles. The molecular weight excluding hydrogens is 330 g/mol. The fourth-order valence-corrected chi connectivity index (χ4v) is 2.48. The molecule has 6 heteroatoms. The van der Waals surface area contributed by atoms with E-state index < -0.39 is 5.91 Å². The molecule has 0 aliphatic rings. The molecule has 0 fully saturated rings. The molecule has 0 unspecified atom stereocenters. The van der Waals surface area contributed by atoms with Crippen molar-refractivity contribution in [3.63, 3.8) is 0 Å². The fraction of sp³-hybridized carbons (Fsp3) is 0.111. The summed E-state index contributed by atoms with van der Waals surface area (Å²) in [6.07, 6.45) is 0. The number of benzene rings is 2. The van der Waals surface area contributed by atoms with Crippen LogP contribution in [0.15, 0.2) is 57.7 Å². The van der Waals surface area contributed by atoms with Crippen LogP contribution in [-0.4, -0.2) is 18.9 Å². The van der Waals surface area contributed by atoms with Crippen LogP contribution >= 0.6 is 11.6 Å². The summed E-state index contributed by atoms with van der Waals surface area (Å²) in [5, 5.41) is 2.99. The molecule has 3 rings (SSSR count). The standard InChI is InChI=1S/C18H14ClNO4/c1-23-12-8-6-11(7-9-12)16-17(22)13-4-2-3-5-14(13)24-18(16)20-15(21)10-19/h2-9H,10H2,1H3,(H,20,21). The Morgan fingerprint density at radius 1 is 1.17 bits per heavy atom. The zero-order chi connectivity index (χ0) is 17.1. The summed E-state index contributed by atoms with van der Waals surface area (Å²) in [7, 11) is 1.56. The third kappa shape index (κ3) is 2.98. The zero-order valence-corrected chi connectivity index (χ0v) is 13.6. The van der Waals surface area contributed by atoms with Crippen molar-refractivity contribution in [3.8, 4) is 16.9 Å². The Bertz CT molecular complexity index is 947. The van der Waals surface area contributed by atoms with Gasteiger partial charge in [-0.15, -0.1) is 11.6 Å². The lowest BCUT2D eigenvalue weighted by atomic mass is 10.0. The highest BCUT2D eigenvalue weighted by atomic mass is 35.5. The van der Waals surface area contributed by atoms with Gasteiger partial charge in [0.15, 0.2) is 0 Å². The van der Waals surface area contributed by atoms with E-state index in [1.165, 1.54) is 0 Å². The molecule has 24 heavy (non-hydrogen) atoms. The average molecular weight is 344 g/mol. The van der Waals surface area contributed by atoms with E-state index in [1.807, 2.05) is 0 Å². The number of alkyl halides is 1. The molecule has 0 saturated carbocycles. The second-order valence-electron chi connectivity index (χ2n) is 5.04. The molecule has 122 valence electrons. The number of carbonyl (C=O) groups is 1. The second-order valence-corrected chi connectivity index (χ2v) is 5.31. The predicted octanol–water partition coefficient (Wildman–Crippen LogP) is 3.65. The first-order chi connectivity index (χ1) is 11.6. The first kappa shape index (κ1) is 16.1. The maximum Gasteiger partial charge on any atom is 0.241 e. The molecule has 1 amide bonds. The Morgan fingerprint density at radius 2 is 1.88 bits per heavy atom. The molecule has 5 nitrogen and oxygen atoms in total. The maximum absolute atomic E-state index is 12.9. The molecular formula is C18H14ClNO4. The summed E-state index contributed by atoms with van der Waals surface area (Å²) in [6, 6.07) is 13.8. The van der Waals surface area contributed by atoms with Gasteiger partial charge in [0.25, 0.3) is 0 Å². The van der Waals surface area contributed by atoms with Crippen molar-refractivity contribution in [2.45, 2.75) is 0 Å². The number of nitrogens with one attached hydrogen (secondary N) is 1. The predicted molar refractivity (Wildman–Crippen MR) is 93.8 cm³/mol. The number of fused-ring (bicyclic) bond motifs is 1. The summed E-state index contributed by atoms with van der Waals surface area (Å²) in [6.45, 7) is 0. The molecule has 0 aliphatic carbocycles. The SMILES string of the molecule is COc1ccc(-c2c(NC(=O)CCl)oc3ccccc3c2=O)cc1. The Hall–Kier alpha value is -2.79. The lowest BCUT2D eigenvalue weighted by Crippen LogP contribution is -2.17. The number of halogens is 1. The molecule has 1 heterocycles. The van der Waals surface area contributed by atoms with Crippen molar-refractivity contribution in [2.24, 2.45) is 0 Å². The first-order valence-corrected chi connectivity index (χ1v) is 7.73. The highest BCUT2D eigenvalue weighted by Crippen LogP contribution is 2.29. The molecule has 0 bridgehead atoms. The van der Waals surface area contributed by atoms with Crippen LogP contribution in [0.4, 0.5) is 5.88 Å². The normalized spacial score (nSPS) is 10.6. The highest BCUT2D eigenvalue weighted by Gasteiger charge is 2.18. The average Bonchev–Trinajstić information content (AvgIpc) is 2.62. The topological polar surface area (TPSA) is 68.5 Å². The minimum absolute atomic E-state index is 0.0783. The van der Waals surface area contributed by atoms with Gasteiger partial charge in [-0.3, -0.25) is 14.9 Å². The largest absolute Gasteiger partial charge is 0.497 e. The van der Waals surface area contributed by atoms with Crippen LogP contribution < -0.4 is 15.5 Å². The molecule has 2 aromatic carbocycles. The molecule has 0 spiro atoms. The lowest BCUT2D eigenvalue weighted by molar-refractivity contribution is -0.114. The maximum atomic E-state index is 12.9. The third-order valence-corrected chi connectivity index (χ3v) is 3.79. The van der Waals surface area contributed by atoms with Crippen LogP contribution in [0.5, 0.6) is 5.75 Å². The van der Waals surface area contributed by atoms with E-state index in [0.29, 0.717) is 22.3 Å². The van der Waals surface area contributed by atoms with Crippen LogP contribution in [0.3, 0.4) is 0 Å². The molecule has 0 radical (unpaired) electrons. The van der Waals surface area contributed by atoms with E-state index in [9.17, 15) is 9.59 Å². The highest BCUT2D eigenvalue weighted by molar-refractivity contribution is 6.29. The van der Waals surface area contributed by atoms with Crippen molar-refractivity contribution >= 4 is 34.4 Å². The summed E-state index contributed by atoms with van der Waals surface area (Å²) < 4.78 is 10.9. The van der Waals surface area contributed by atoms with Crippen LogP contribution in [-0.2, 0) is 4.79 Å². The smallest absolute Gasteiger partial charge is 0.241 e. The molecule has 3 aromatic rings. The number of rotatable bonds is 4. The molecule has 1 aromatic heterocycles. The van der Waals surface area contributed by atoms with Gasteiger partial charge in [0.2, 0.25) is 17.2 Å². The van der Waals surface area contributed by atoms with Gasteiger partial charge in [-0.1, -0.05) is 24.3 Å². The number of ether oxygens (including phenoxy) is 1. The number of hydrogen-bond donors (Lipinski definition) is 1. The number of hydrogen-bond acceptors (Lipinski definition) is 4. The number of amides is 1. The van der Waals surface area contributed by atoms with Crippen LogP contribution in [0.2, 0.25) is 0 Å². The zero-order valence-electron chi connectivity index (χ0n) is 12.8. The first-order valence-electron chi connectivity index (χ1n) is 7.20. The van der Waals surface area contributed by atoms with Crippen molar-refractivity contribution < 1.29 is 13.9 Å². The van der Waals surface area contributed by atoms with Crippen molar-refractivity contribution in [1.29, 1.82) is 0 Å². The van der Waals surface area contributed by atoms with E-state index in [-0.39, 0.29) is 22.8 Å². The summed E-state index contributed by atoms with van der Waals surface area (Å²) in [5.74, 6) is 0.0492. The monoisotopic (exact) mass is 343 g/mol. The minimum Gasteiger partial charge on any atom is -0.497 e. The van der Waals surface area contributed by atoms with Gasteiger partial charge in [-0.25, -0.2) is 0 Å². The van der Waals surface area contributed by atoms with E-state index >= 15 is 0 Å². The van der Waals surface area contributed by atoms with E-state index in [1.54, 1.807) is 55.6 Å². The Labute approximate surface area is 142 Å². The van der Waals surface area contributed by atoms with Gasteiger partial charge in [0.05, 0.1) is 18.1 Å². The molecule has 0 atom stereocenters. The van der Waals surface area contributed by atoms with Gasteiger partial charge in [0, 0.05) is 0 Å². The van der Waals surface area contributed by atoms with Gasteiger partial charge in [0.1, 0.15) is 17.2 Å². The van der Waals surface area contributed by atoms with Crippen molar-refractivity contribution in [1.82, 2.24) is 0 Å². The molecule has 0 aliphatic heterocycles. The summed E-state index contributed by atoms with van der Waals surface area (Å²) in [5.41, 5.74) is 1.05. The summed E-state index contributed by atoms with van der Waals surface area (Å²) in [4.78, 5) is 24.6. The number of methoxy groups -OCH3 is 1. The van der Waals surface area contributed by atoms with E-state index in [0.717, 1.165) is 0 Å². The van der Waals surface area contributed by atoms with Crippen LogP contribution in [0, 0.1) is 0 Å². The number of anilines is 1. The van der Waals surface area contributed by atoms with Gasteiger partial charge >= 0.3 is 0 Å². The van der Waals surface area contributed by atoms with Crippen LogP contribution in [0.1, 0.15) is 0 Å². The van der Waals surface area contributed by atoms with Gasteiger partial charge < -0.3 is 9.15 Å². The van der Waals surface area contributed by atoms with E-state index in [2.05, 4.69) is 5.32 Å². The Morgan fingerprint density at radius 3 is 2.54 bits per heavy atom. The minimum atomic E-state index is -0.454. The van der Waals surface area contributed by atoms with Crippen molar-refractivity contribution in [3.05, 3.63) is 58.8 Å². The third-order valence-electron chi connectivity index (χ3n) is 3.55. The second kappa shape index (κ2) is 6.76. The van der Waals surface area contributed by atoms with Crippen molar-refractivity contribution in [2.75, 3.05) is 18.3 Å². The quantitative estimate of drug-likeness (QED) is 0.734. The van der Waals surface area contributed by atoms with Gasteiger partial charge in [-0.05, 0) is 29.8 Å². The Balaban J connectivity index is 2.25. The van der Waals surface area contributed by atoms with E-state index in [4.69, 9.17) is 20.8 Å². The van der Waals surface area contributed by atoms with Gasteiger partial charge in [-0.2, -0.15) is 0 Å². The van der Waals surface area contributed by atoms with Crippen LogP contribution in [0.25, 0.3) is 22.1 Å². The summed E-state index contributed by atoms with van der Waals surface area (Å²) >= 11 is 5.55. The molecule has 1 N–H and O–H groups in total. The fourth-order valence-electron chi connectivity index (χ4n) is 2.41. The lowest BCUT2D eigenvalue weighted by Gasteiger charge is -2.11. The number of para-hydroxylation sites is 1. The Kier molecular flexibility index (Phi) is 4.53. The number of carbonyl (C=O) groups excluding carboxylic acids is 1.